The van der Waals surface area contributed by atoms with E-state index >= 15 is 0 Å². The number of hydrogen-bond acceptors (Lipinski definition) is 5. The lowest BCUT2D eigenvalue weighted by molar-refractivity contribution is -0.114. The number of hydrogen-bond donors (Lipinski definition) is 2. The van der Waals surface area contributed by atoms with Crippen LogP contribution < -0.4 is 11.1 Å². The molecule has 6 nitrogen and oxygen atoms in total. The van der Waals surface area contributed by atoms with E-state index in [9.17, 15) is 4.79 Å². The Morgan fingerprint density at radius 2 is 2.18 bits per heavy atom. The van der Waals surface area contributed by atoms with Crippen LogP contribution in [0.3, 0.4) is 0 Å². The SMILES string of the molecule is Cn1cc(-c2cccc(-c3csc(NC(=O)CN)n3)c2)cn1. The Labute approximate surface area is 131 Å². The van der Waals surface area contributed by atoms with Crippen molar-refractivity contribution in [2.75, 3.05) is 11.9 Å². The Morgan fingerprint density at radius 1 is 1.36 bits per heavy atom. The topological polar surface area (TPSA) is 85.8 Å². The van der Waals surface area contributed by atoms with Gasteiger partial charge in [-0.15, -0.1) is 11.3 Å². The van der Waals surface area contributed by atoms with Gasteiger partial charge in [-0.2, -0.15) is 5.10 Å². The van der Waals surface area contributed by atoms with Gasteiger partial charge in [0, 0.05) is 29.8 Å². The Hall–Kier alpha value is -2.51. The van der Waals surface area contributed by atoms with Crippen molar-refractivity contribution in [1.29, 1.82) is 0 Å². The van der Waals surface area contributed by atoms with Gasteiger partial charge in [0.15, 0.2) is 5.13 Å². The molecule has 7 heteroatoms. The molecule has 3 rings (SSSR count). The number of thiazole rings is 1. The normalized spacial score (nSPS) is 10.6. The van der Waals surface area contributed by atoms with Gasteiger partial charge >= 0.3 is 0 Å². The molecule has 112 valence electrons. The Kier molecular flexibility index (Phi) is 3.99. The highest BCUT2D eigenvalue weighted by Crippen LogP contribution is 2.28. The number of carbonyl (C=O) groups excluding carboxylic acids is 1. The zero-order valence-corrected chi connectivity index (χ0v) is 12.8. The summed E-state index contributed by atoms with van der Waals surface area (Å²) in [5, 5.41) is 9.31. The Bertz CT molecular complexity index is 808. The van der Waals surface area contributed by atoms with Gasteiger partial charge in [-0.1, -0.05) is 18.2 Å². The predicted molar refractivity (Wildman–Crippen MR) is 87.4 cm³/mol. The number of carbonyl (C=O) groups is 1. The van der Waals surface area contributed by atoms with Crippen LogP contribution in [0.15, 0.2) is 42.0 Å². The summed E-state index contributed by atoms with van der Waals surface area (Å²) >= 11 is 1.38. The highest BCUT2D eigenvalue weighted by atomic mass is 32.1. The van der Waals surface area contributed by atoms with Crippen molar-refractivity contribution in [3.05, 3.63) is 42.0 Å². The van der Waals surface area contributed by atoms with Crippen LogP contribution in [0.5, 0.6) is 0 Å². The van der Waals surface area contributed by atoms with Crippen molar-refractivity contribution >= 4 is 22.4 Å². The van der Waals surface area contributed by atoms with E-state index in [0.29, 0.717) is 5.13 Å². The number of aryl methyl sites for hydroxylation is 1. The average Bonchev–Trinajstić information content (AvgIpc) is 3.16. The molecule has 0 spiro atoms. The molecule has 0 fully saturated rings. The van der Waals surface area contributed by atoms with Gasteiger partial charge in [-0.25, -0.2) is 4.98 Å². The number of nitrogens with one attached hydrogen (secondary N) is 1. The molecule has 0 aliphatic rings. The minimum absolute atomic E-state index is 0.0502. The second-order valence-electron chi connectivity index (χ2n) is 4.77. The lowest BCUT2D eigenvalue weighted by Crippen LogP contribution is -2.21. The quantitative estimate of drug-likeness (QED) is 0.772. The molecule has 2 heterocycles. The number of benzene rings is 1. The lowest BCUT2D eigenvalue weighted by atomic mass is 10.1. The number of rotatable bonds is 4. The molecule has 0 saturated heterocycles. The minimum atomic E-state index is -0.245. The van der Waals surface area contributed by atoms with Crippen LogP contribution in [0.1, 0.15) is 0 Å². The molecule has 3 N–H and O–H groups in total. The minimum Gasteiger partial charge on any atom is -0.322 e. The summed E-state index contributed by atoms with van der Waals surface area (Å²) < 4.78 is 1.77. The molecule has 0 saturated carbocycles. The Morgan fingerprint density at radius 3 is 2.91 bits per heavy atom. The molecule has 0 aliphatic carbocycles. The van der Waals surface area contributed by atoms with E-state index in [0.717, 1.165) is 22.4 Å². The molecule has 0 bridgehead atoms. The van der Waals surface area contributed by atoms with Gasteiger partial charge in [-0.05, 0) is 11.6 Å². The summed E-state index contributed by atoms with van der Waals surface area (Å²) in [4.78, 5) is 15.7. The third kappa shape index (κ3) is 3.05. The van der Waals surface area contributed by atoms with Crippen molar-refractivity contribution in [1.82, 2.24) is 14.8 Å². The first-order chi connectivity index (χ1) is 10.7. The van der Waals surface area contributed by atoms with Crippen LogP contribution in [0, 0.1) is 0 Å². The smallest absolute Gasteiger partial charge is 0.239 e. The number of aromatic nitrogens is 3. The third-order valence-corrected chi connectivity index (χ3v) is 3.89. The molecule has 22 heavy (non-hydrogen) atoms. The van der Waals surface area contributed by atoms with Crippen LogP contribution >= 0.6 is 11.3 Å². The average molecular weight is 313 g/mol. The van der Waals surface area contributed by atoms with Crippen LogP contribution in [-0.2, 0) is 11.8 Å². The van der Waals surface area contributed by atoms with Crippen molar-refractivity contribution in [2.24, 2.45) is 12.8 Å². The summed E-state index contributed by atoms with van der Waals surface area (Å²) in [6.45, 7) is -0.0502. The van der Waals surface area contributed by atoms with Crippen molar-refractivity contribution in [3.8, 4) is 22.4 Å². The maximum absolute atomic E-state index is 11.3. The lowest BCUT2D eigenvalue weighted by Gasteiger charge is -2.01. The van der Waals surface area contributed by atoms with Gasteiger partial charge in [0.25, 0.3) is 0 Å². The zero-order valence-electron chi connectivity index (χ0n) is 12.0. The van der Waals surface area contributed by atoms with E-state index in [4.69, 9.17) is 5.73 Å². The fourth-order valence-corrected chi connectivity index (χ4v) is 2.80. The first-order valence-electron chi connectivity index (χ1n) is 6.70. The first-order valence-corrected chi connectivity index (χ1v) is 7.58. The number of anilines is 1. The van der Waals surface area contributed by atoms with Crippen molar-refractivity contribution in [2.45, 2.75) is 0 Å². The zero-order chi connectivity index (χ0) is 15.5. The fraction of sp³-hybridized carbons (Fsp3) is 0.133. The summed E-state index contributed by atoms with van der Waals surface area (Å²) in [5.74, 6) is -0.245. The third-order valence-electron chi connectivity index (χ3n) is 3.13. The summed E-state index contributed by atoms with van der Waals surface area (Å²) in [6, 6.07) is 8.06. The summed E-state index contributed by atoms with van der Waals surface area (Å²) in [6.07, 6.45) is 3.79. The first kappa shape index (κ1) is 14.4. The molecule has 2 aromatic heterocycles. The maximum atomic E-state index is 11.3. The molecular weight excluding hydrogens is 298 g/mol. The van der Waals surface area contributed by atoms with Gasteiger partial charge < -0.3 is 11.1 Å². The molecule has 3 aromatic rings. The van der Waals surface area contributed by atoms with E-state index < -0.39 is 0 Å². The van der Waals surface area contributed by atoms with E-state index in [1.807, 2.05) is 43.0 Å². The summed E-state index contributed by atoms with van der Waals surface area (Å²) in [5.41, 5.74) is 9.22. The van der Waals surface area contributed by atoms with Crippen LogP contribution in [0.2, 0.25) is 0 Å². The number of nitrogens with zero attached hydrogens (tertiary/aromatic N) is 3. The van der Waals surface area contributed by atoms with Crippen LogP contribution in [0.25, 0.3) is 22.4 Å². The predicted octanol–water partition coefficient (Wildman–Crippen LogP) is 2.11. The van der Waals surface area contributed by atoms with E-state index in [1.165, 1.54) is 11.3 Å². The largest absolute Gasteiger partial charge is 0.322 e. The molecule has 1 amide bonds. The fourth-order valence-electron chi connectivity index (χ4n) is 2.06. The number of nitrogens with two attached hydrogens (primary N) is 1. The highest BCUT2D eigenvalue weighted by molar-refractivity contribution is 7.14. The Balaban J connectivity index is 1.88. The maximum Gasteiger partial charge on any atom is 0.239 e. The second kappa shape index (κ2) is 6.08. The van der Waals surface area contributed by atoms with E-state index in [1.54, 1.807) is 4.68 Å². The summed E-state index contributed by atoms with van der Waals surface area (Å²) in [7, 11) is 1.89. The van der Waals surface area contributed by atoms with Gasteiger partial charge in [0.05, 0.1) is 18.4 Å². The van der Waals surface area contributed by atoms with Gasteiger partial charge in [-0.3, -0.25) is 9.48 Å². The monoisotopic (exact) mass is 313 g/mol. The van der Waals surface area contributed by atoms with Crippen LogP contribution in [-0.4, -0.2) is 27.2 Å². The molecular formula is C15H15N5OS. The molecule has 0 aliphatic heterocycles. The van der Waals surface area contributed by atoms with E-state index in [-0.39, 0.29) is 12.5 Å². The van der Waals surface area contributed by atoms with Gasteiger partial charge in [0.1, 0.15) is 0 Å². The molecule has 0 atom stereocenters. The van der Waals surface area contributed by atoms with Gasteiger partial charge in [0.2, 0.25) is 5.91 Å². The van der Waals surface area contributed by atoms with Crippen molar-refractivity contribution in [3.63, 3.8) is 0 Å². The molecule has 0 unspecified atom stereocenters. The molecule has 0 radical (unpaired) electrons. The second-order valence-corrected chi connectivity index (χ2v) is 5.63. The standard InChI is InChI=1S/C15H15N5OS/c1-20-8-12(7-17-20)10-3-2-4-11(5-10)13-9-22-15(18-13)19-14(21)6-16/h2-5,7-9H,6,16H2,1H3,(H,18,19,21). The molecule has 1 aromatic carbocycles. The van der Waals surface area contributed by atoms with Crippen molar-refractivity contribution < 1.29 is 4.79 Å². The highest BCUT2D eigenvalue weighted by Gasteiger charge is 2.08. The van der Waals surface area contributed by atoms with Crippen LogP contribution in [0.4, 0.5) is 5.13 Å². The van der Waals surface area contributed by atoms with E-state index in [2.05, 4.69) is 21.5 Å². The number of amides is 1.